The van der Waals surface area contributed by atoms with Crippen molar-refractivity contribution in [3.8, 4) is 0 Å². The van der Waals surface area contributed by atoms with Crippen molar-refractivity contribution in [1.29, 1.82) is 0 Å². The molecule has 0 saturated heterocycles. The van der Waals surface area contributed by atoms with Gasteiger partial charge in [0, 0.05) is 6.42 Å². The molecule has 0 aliphatic rings. The van der Waals surface area contributed by atoms with E-state index in [4.69, 9.17) is 4.74 Å². The summed E-state index contributed by atoms with van der Waals surface area (Å²) in [5.74, 6) is -0.0834. The Hall–Kier alpha value is -1.31. The summed E-state index contributed by atoms with van der Waals surface area (Å²) >= 11 is 0. The Labute approximate surface area is 97.6 Å². The van der Waals surface area contributed by atoms with Gasteiger partial charge in [-0.3, -0.25) is 4.79 Å². The summed E-state index contributed by atoms with van der Waals surface area (Å²) in [5, 5.41) is 0. The Morgan fingerprint density at radius 3 is 2.56 bits per heavy atom. The van der Waals surface area contributed by atoms with E-state index in [0.717, 1.165) is 18.4 Å². The third-order valence-corrected chi connectivity index (χ3v) is 2.48. The van der Waals surface area contributed by atoms with Crippen molar-refractivity contribution in [3.63, 3.8) is 0 Å². The van der Waals surface area contributed by atoms with Crippen LogP contribution in [0.1, 0.15) is 44.6 Å². The van der Waals surface area contributed by atoms with Crippen LogP contribution in [0, 0.1) is 0 Å². The van der Waals surface area contributed by atoms with Crippen LogP contribution >= 0.6 is 0 Å². The predicted octanol–water partition coefficient (Wildman–Crippen LogP) is 3.70. The Morgan fingerprint density at radius 2 is 1.88 bits per heavy atom. The smallest absolute Gasteiger partial charge is 0.306 e. The maximum Gasteiger partial charge on any atom is 0.306 e. The lowest BCUT2D eigenvalue weighted by Gasteiger charge is -2.04. The molecule has 16 heavy (non-hydrogen) atoms. The highest BCUT2D eigenvalue weighted by atomic mass is 16.5. The average molecular weight is 220 g/mol. The van der Waals surface area contributed by atoms with E-state index >= 15 is 0 Å². The summed E-state index contributed by atoms with van der Waals surface area (Å²) in [5.41, 5.74) is 1.05. The zero-order valence-corrected chi connectivity index (χ0v) is 9.95. The number of hydrogen-bond donors (Lipinski definition) is 0. The van der Waals surface area contributed by atoms with Gasteiger partial charge in [-0.05, 0) is 12.0 Å². The van der Waals surface area contributed by atoms with Crippen LogP contribution in [0.3, 0.4) is 0 Å². The number of unbranched alkanes of at least 4 members (excludes halogenated alkanes) is 3. The lowest BCUT2D eigenvalue weighted by molar-refractivity contribution is -0.145. The van der Waals surface area contributed by atoms with Gasteiger partial charge in [-0.15, -0.1) is 0 Å². The van der Waals surface area contributed by atoms with Crippen molar-refractivity contribution in [2.24, 2.45) is 0 Å². The monoisotopic (exact) mass is 220 g/mol. The van der Waals surface area contributed by atoms with Crippen molar-refractivity contribution in [3.05, 3.63) is 35.9 Å². The van der Waals surface area contributed by atoms with Gasteiger partial charge in [0.2, 0.25) is 0 Å². The molecule has 0 N–H and O–H groups in total. The number of benzene rings is 1. The molecule has 0 fully saturated rings. The summed E-state index contributed by atoms with van der Waals surface area (Å²) in [6, 6.07) is 9.78. The number of esters is 1. The quantitative estimate of drug-likeness (QED) is 0.517. The van der Waals surface area contributed by atoms with Crippen LogP contribution in [0.5, 0.6) is 0 Å². The first-order valence-corrected chi connectivity index (χ1v) is 6.02. The Morgan fingerprint density at radius 1 is 1.12 bits per heavy atom. The van der Waals surface area contributed by atoms with Gasteiger partial charge in [0.1, 0.15) is 6.61 Å². The van der Waals surface area contributed by atoms with E-state index in [2.05, 4.69) is 6.92 Å². The molecular weight excluding hydrogens is 200 g/mol. The maximum atomic E-state index is 11.4. The van der Waals surface area contributed by atoms with Crippen LogP contribution in [-0.4, -0.2) is 5.97 Å². The van der Waals surface area contributed by atoms with E-state index in [1.807, 2.05) is 30.3 Å². The zero-order valence-electron chi connectivity index (χ0n) is 9.95. The lowest BCUT2D eigenvalue weighted by atomic mass is 10.1. The molecule has 0 spiro atoms. The fourth-order valence-corrected chi connectivity index (χ4v) is 1.51. The molecule has 0 aliphatic heterocycles. The molecule has 2 heteroatoms. The van der Waals surface area contributed by atoms with Gasteiger partial charge in [0.05, 0.1) is 0 Å². The highest BCUT2D eigenvalue weighted by Crippen LogP contribution is 2.06. The Kier molecular flexibility index (Phi) is 6.31. The van der Waals surface area contributed by atoms with Gasteiger partial charge in [-0.25, -0.2) is 0 Å². The molecule has 0 aliphatic carbocycles. The number of carbonyl (C=O) groups excluding carboxylic acids is 1. The molecule has 0 heterocycles. The fraction of sp³-hybridized carbons (Fsp3) is 0.500. The van der Waals surface area contributed by atoms with E-state index in [-0.39, 0.29) is 5.97 Å². The molecular formula is C14H20O2. The van der Waals surface area contributed by atoms with Crippen LogP contribution in [0.25, 0.3) is 0 Å². The molecule has 0 atom stereocenters. The number of ether oxygens (including phenoxy) is 1. The topological polar surface area (TPSA) is 26.3 Å². The van der Waals surface area contributed by atoms with Gasteiger partial charge < -0.3 is 4.74 Å². The van der Waals surface area contributed by atoms with E-state index in [1.165, 1.54) is 12.8 Å². The van der Waals surface area contributed by atoms with Crippen molar-refractivity contribution in [2.45, 2.75) is 45.6 Å². The molecule has 1 aromatic carbocycles. The summed E-state index contributed by atoms with van der Waals surface area (Å²) < 4.78 is 5.17. The Bertz CT molecular complexity index is 293. The molecule has 88 valence electrons. The van der Waals surface area contributed by atoms with Gasteiger partial charge >= 0.3 is 5.97 Å². The number of rotatable bonds is 7. The second kappa shape index (κ2) is 7.91. The molecule has 0 bridgehead atoms. The molecule has 0 radical (unpaired) electrons. The van der Waals surface area contributed by atoms with Gasteiger partial charge in [0.15, 0.2) is 0 Å². The van der Waals surface area contributed by atoms with Gasteiger partial charge in [-0.2, -0.15) is 0 Å². The van der Waals surface area contributed by atoms with Crippen LogP contribution in [0.15, 0.2) is 30.3 Å². The third-order valence-electron chi connectivity index (χ3n) is 2.48. The Balaban J connectivity index is 2.11. The van der Waals surface area contributed by atoms with Gasteiger partial charge in [-0.1, -0.05) is 56.5 Å². The fourth-order valence-electron chi connectivity index (χ4n) is 1.51. The lowest BCUT2D eigenvalue weighted by Crippen LogP contribution is -2.04. The van der Waals surface area contributed by atoms with E-state index in [9.17, 15) is 4.79 Å². The summed E-state index contributed by atoms with van der Waals surface area (Å²) in [6.07, 6.45) is 5.01. The number of hydrogen-bond acceptors (Lipinski definition) is 2. The molecule has 0 aromatic heterocycles. The van der Waals surface area contributed by atoms with Crippen LogP contribution in [-0.2, 0) is 16.1 Å². The largest absolute Gasteiger partial charge is 0.461 e. The van der Waals surface area contributed by atoms with Crippen LogP contribution in [0.4, 0.5) is 0 Å². The predicted molar refractivity (Wildman–Crippen MR) is 65.0 cm³/mol. The third kappa shape index (κ3) is 5.54. The van der Waals surface area contributed by atoms with Crippen LogP contribution in [0.2, 0.25) is 0 Å². The second-order valence-electron chi connectivity index (χ2n) is 3.96. The molecule has 0 unspecified atom stereocenters. The highest BCUT2D eigenvalue weighted by molar-refractivity contribution is 5.69. The standard InChI is InChI=1S/C14H20O2/c1-2-3-4-8-11-14(15)16-12-13-9-6-5-7-10-13/h5-7,9-10H,2-4,8,11-12H2,1H3. The average Bonchev–Trinajstić information content (AvgIpc) is 2.33. The molecule has 0 saturated carbocycles. The summed E-state index contributed by atoms with van der Waals surface area (Å²) in [7, 11) is 0. The van der Waals surface area contributed by atoms with Crippen molar-refractivity contribution in [1.82, 2.24) is 0 Å². The summed E-state index contributed by atoms with van der Waals surface area (Å²) in [4.78, 5) is 11.4. The second-order valence-corrected chi connectivity index (χ2v) is 3.96. The SMILES string of the molecule is CCCCCCC(=O)OCc1ccccc1. The first-order valence-electron chi connectivity index (χ1n) is 6.02. The zero-order chi connectivity index (χ0) is 11.6. The molecule has 1 rings (SSSR count). The normalized spacial score (nSPS) is 10.1. The van der Waals surface area contributed by atoms with E-state index in [0.29, 0.717) is 13.0 Å². The maximum absolute atomic E-state index is 11.4. The molecule has 1 aromatic rings. The van der Waals surface area contributed by atoms with Crippen molar-refractivity contribution < 1.29 is 9.53 Å². The molecule has 0 amide bonds. The highest BCUT2D eigenvalue weighted by Gasteiger charge is 2.02. The number of carbonyl (C=O) groups is 1. The minimum Gasteiger partial charge on any atom is -0.461 e. The molecule has 2 nitrogen and oxygen atoms in total. The van der Waals surface area contributed by atoms with Gasteiger partial charge in [0.25, 0.3) is 0 Å². The van der Waals surface area contributed by atoms with Crippen molar-refractivity contribution in [2.75, 3.05) is 0 Å². The first-order chi connectivity index (χ1) is 7.83. The summed E-state index contributed by atoms with van der Waals surface area (Å²) in [6.45, 7) is 2.56. The minimum atomic E-state index is -0.0834. The van der Waals surface area contributed by atoms with E-state index < -0.39 is 0 Å². The minimum absolute atomic E-state index is 0.0834. The van der Waals surface area contributed by atoms with E-state index in [1.54, 1.807) is 0 Å². The van der Waals surface area contributed by atoms with Crippen LogP contribution < -0.4 is 0 Å². The van der Waals surface area contributed by atoms with Crippen molar-refractivity contribution >= 4 is 5.97 Å². The first kappa shape index (κ1) is 12.8.